The predicted octanol–water partition coefficient (Wildman–Crippen LogP) is 2.14. The van der Waals surface area contributed by atoms with E-state index in [9.17, 15) is 10.1 Å². The SMILES string of the molecule is CC(Nc1nc(N)ccc1[N+](=O)[O-])c1ccccn1. The van der Waals surface area contributed by atoms with Gasteiger partial charge >= 0.3 is 5.69 Å². The van der Waals surface area contributed by atoms with Crippen LogP contribution in [0.5, 0.6) is 0 Å². The largest absolute Gasteiger partial charge is 0.384 e. The Morgan fingerprint density at radius 3 is 2.79 bits per heavy atom. The van der Waals surface area contributed by atoms with Crippen LogP contribution in [0.3, 0.4) is 0 Å². The highest BCUT2D eigenvalue weighted by Gasteiger charge is 2.18. The smallest absolute Gasteiger partial charge is 0.311 e. The number of aromatic nitrogens is 2. The van der Waals surface area contributed by atoms with E-state index in [1.54, 1.807) is 12.3 Å². The lowest BCUT2D eigenvalue weighted by Crippen LogP contribution is -2.11. The van der Waals surface area contributed by atoms with Crippen LogP contribution in [0, 0.1) is 10.1 Å². The number of hydrogen-bond acceptors (Lipinski definition) is 6. The summed E-state index contributed by atoms with van der Waals surface area (Å²) in [7, 11) is 0. The number of nitrogens with one attached hydrogen (secondary N) is 1. The van der Waals surface area contributed by atoms with Gasteiger partial charge in [0.25, 0.3) is 0 Å². The van der Waals surface area contributed by atoms with Crippen LogP contribution >= 0.6 is 0 Å². The first-order valence-corrected chi connectivity index (χ1v) is 5.66. The Balaban J connectivity index is 2.28. The fraction of sp³-hybridized carbons (Fsp3) is 0.167. The first-order chi connectivity index (χ1) is 9.08. The van der Waals surface area contributed by atoms with E-state index in [1.165, 1.54) is 12.1 Å². The molecule has 0 aliphatic rings. The van der Waals surface area contributed by atoms with Crippen molar-refractivity contribution < 1.29 is 4.92 Å². The van der Waals surface area contributed by atoms with Gasteiger partial charge in [-0.05, 0) is 25.1 Å². The summed E-state index contributed by atoms with van der Waals surface area (Å²) in [6.07, 6.45) is 1.66. The van der Waals surface area contributed by atoms with Crippen LogP contribution in [-0.4, -0.2) is 14.9 Å². The fourth-order valence-corrected chi connectivity index (χ4v) is 1.63. The molecule has 2 aromatic heterocycles. The van der Waals surface area contributed by atoms with Gasteiger partial charge in [-0.3, -0.25) is 15.1 Å². The molecule has 0 fully saturated rings. The summed E-state index contributed by atoms with van der Waals surface area (Å²) in [4.78, 5) is 18.6. The van der Waals surface area contributed by atoms with Gasteiger partial charge in [-0.2, -0.15) is 0 Å². The van der Waals surface area contributed by atoms with Crippen LogP contribution in [-0.2, 0) is 0 Å². The summed E-state index contributed by atoms with van der Waals surface area (Å²) >= 11 is 0. The minimum Gasteiger partial charge on any atom is -0.384 e. The molecule has 0 aliphatic heterocycles. The zero-order valence-electron chi connectivity index (χ0n) is 10.3. The number of nitrogens with zero attached hydrogens (tertiary/aromatic N) is 3. The van der Waals surface area contributed by atoms with E-state index in [2.05, 4.69) is 15.3 Å². The summed E-state index contributed by atoms with van der Waals surface area (Å²) in [5, 5.41) is 13.9. The number of nitrogen functional groups attached to an aromatic ring is 1. The van der Waals surface area contributed by atoms with Crippen LogP contribution < -0.4 is 11.1 Å². The Bertz CT molecular complexity index is 588. The first kappa shape index (κ1) is 12.7. The molecule has 3 N–H and O–H groups in total. The van der Waals surface area contributed by atoms with Crippen LogP contribution in [0.4, 0.5) is 17.3 Å². The molecule has 0 bridgehead atoms. The molecule has 7 nitrogen and oxygen atoms in total. The van der Waals surface area contributed by atoms with Crippen molar-refractivity contribution in [1.29, 1.82) is 0 Å². The second-order valence-electron chi connectivity index (χ2n) is 3.98. The van der Waals surface area contributed by atoms with E-state index < -0.39 is 4.92 Å². The van der Waals surface area contributed by atoms with E-state index >= 15 is 0 Å². The average molecular weight is 259 g/mol. The average Bonchev–Trinajstić information content (AvgIpc) is 2.39. The van der Waals surface area contributed by atoms with Crippen molar-refractivity contribution in [2.45, 2.75) is 13.0 Å². The molecule has 0 aromatic carbocycles. The van der Waals surface area contributed by atoms with E-state index in [0.717, 1.165) is 5.69 Å². The van der Waals surface area contributed by atoms with Crippen molar-refractivity contribution >= 4 is 17.3 Å². The van der Waals surface area contributed by atoms with Crippen LogP contribution in [0.25, 0.3) is 0 Å². The molecule has 7 heteroatoms. The fourth-order valence-electron chi connectivity index (χ4n) is 1.63. The molecule has 2 heterocycles. The Kier molecular flexibility index (Phi) is 3.56. The number of rotatable bonds is 4. The van der Waals surface area contributed by atoms with Crippen molar-refractivity contribution in [3.05, 3.63) is 52.3 Å². The lowest BCUT2D eigenvalue weighted by atomic mass is 10.2. The van der Waals surface area contributed by atoms with Gasteiger partial charge < -0.3 is 11.1 Å². The zero-order valence-corrected chi connectivity index (χ0v) is 10.3. The molecule has 0 aliphatic carbocycles. The van der Waals surface area contributed by atoms with Crippen molar-refractivity contribution in [2.24, 2.45) is 0 Å². The van der Waals surface area contributed by atoms with E-state index in [4.69, 9.17) is 5.73 Å². The molecule has 98 valence electrons. The summed E-state index contributed by atoms with van der Waals surface area (Å²) in [5.41, 5.74) is 6.20. The molecular weight excluding hydrogens is 246 g/mol. The number of nitro groups is 1. The molecule has 1 unspecified atom stereocenters. The van der Waals surface area contributed by atoms with Crippen LogP contribution in [0.1, 0.15) is 18.7 Å². The quantitative estimate of drug-likeness (QED) is 0.643. The van der Waals surface area contributed by atoms with E-state index in [1.807, 2.05) is 19.1 Å². The molecule has 2 rings (SSSR count). The van der Waals surface area contributed by atoms with E-state index in [0.29, 0.717) is 0 Å². The molecule has 0 saturated heterocycles. The van der Waals surface area contributed by atoms with E-state index in [-0.39, 0.29) is 23.4 Å². The number of pyridine rings is 2. The van der Waals surface area contributed by atoms with Gasteiger partial charge in [0.15, 0.2) is 0 Å². The second-order valence-corrected chi connectivity index (χ2v) is 3.98. The number of anilines is 2. The maximum absolute atomic E-state index is 10.9. The van der Waals surface area contributed by atoms with Gasteiger partial charge in [0.05, 0.1) is 16.7 Å². The van der Waals surface area contributed by atoms with Gasteiger partial charge in [0.2, 0.25) is 5.82 Å². The number of nitrogens with two attached hydrogens (primary N) is 1. The van der Waals surface area contributed by atoms with Gasteiger partial charge in [-0.15, -0.1) is 0 Å². The topological polar surface area (TPSA) is 107 Å². The van der Waals surface area contributed by atoms with Crippen molar-refractivity contribution in [2.75, 3.05) is 11.1 Å². The lowest BCUT2D eigenvalue weighted by Gasteiger charge is -2.14. The highest BCUT2D eigenvalue weighted by molar-refractivity contribution is 5.59. The van der Waals surface area contributed by atoms with Crippen molar-refractivity contribution in [3.63, 3.8) is 0 Å². The third-order valence-electron chi connectivity index (χ3n) is 2.58. The Labute approximate surface area is 109 Å². The summed E-state index contributed by atoms with van der Waals surface area (Å²) in [5.74, 6) is 0.365. The Hall–Kier alpha value is -2.70. The summed E-state index contributed by atoms with van der Waals surface area (Å²) in [6, 6.07) is 7.99. The molecule has 0 radical (unpaired) electrons. The van der Waals surface area contributed by atoms with Crippen LogP contribution in [0.2, 0.25) is 0 Å². The van der Waals surface area contributed by atoms with Crippen molar-refractivity contribution in [1.82, 2.24) is 9.97 Å². The van der Waals surface area contributed by atoms with Gasteiger partial charge in [-0.1, -0.05) is 6.07 Å². The minimum atomic E-state index is -0.500. The first-order valence-electron chi connectivity index (χ1n) is 5.66. The monoisotopic (exact) mass is 259 g/mol. The maximum Gasteiger partial charge on any atom is 0.311 e. The zero-order chi connectivity index (χ0) is 13.8. The Morgan fingerprint density at radius 1 is 1.37 bits per heavy atom. The van der Waals surface area contributed by atoms with Gasteiger partial charge in [0.1, 0.15) is 5.82 Å². The lowest BCUT2D eigenvalue weighted by molar-refractivity contribution is -0.384. The second kappa shape index (κ2) is 5.30. The third-order valence-corrected chi connectivity index (χ3v) is 2.58. The normalized spacial score (nSPS) is 11.8. The predicted molar refractivity (Wildman–Crippen MR) is 71.6 cm³/mol. The molecule has 0 spiro atoms. The number of hydrogen-bond donors (Lipinski definition) is 2. The van der Waals surface area contributed by atoms with Gasteiger partial charge in [-0.25, -0.2) is 4.98 Å². The maximum atomic E-state index is 10.9. The van der Waals surface area contributed by atoms with Gasteiger partial charge in [0, 0.05) is 12.3 Å². The molecular formula is C12H13N5O2. The molecule has 1 atom stereocenters. The molecule has 0 saturated carbocycles. The molecule has 0 amide bonds. The highest BCUT2D eigenvalue weighted by atomic mass is 16.6. The molecule has 19 heavy (non-hydrogen) atoms. The highest BCUT2D eigenvalue weighted by Crippen LogP contribution is 2.26. The summed E-state index contributed by atoms with van der Waals surface area (Å²) < 4.78 is 0. The molecule has 2 aromatic rings. The summed E-state index contributed by atoms with van der Waals surface area (Å²) in [6.45, 7) is 1.84. The van der Waals surface area contributed by atoms with Crippen molar-refractivity contribution in [3.8, 4) is 0 Å². The standard InChI is InChI=1S/C12H13N5O2/c1-8(9-4-2-3-7-14-9)15-12-10(17(18)19)5-6-11(13)16-12/h2-8H,1H3,(H3,13,15,16). The van der Waals surface area contributed by atoms with Crippen LogP contribution in [0.15, 0.2) is 36.5 Å². The Morgan fingerprint density at radius 2 is 2.16 bits per heavy atom. The third kappa shape index (κ3) is 2.95. The minimum absolute atomic E-state index is 0.114.